The quantitative estimate of drug-likeness (QED) is 0.125. The zero-order chi connectivity index (χ0) is 34.2. The molecule has 2 unspecified atom stereocenters. The number of hydrogen-bond acceptors (Lipinski definition) is 8. The minimum Gasteiger partial charge on any atom is -0.497 e. The van der Waals surface area contributed by atoms with E-state index in [0.717, 1.165) is 16.9 Å². The Balaban J connectivity index is 3.42. The molecule has 0 fully saturated rings. The van der Waals surface area contributed by atoms with Crippen molar-refractivity contribution in [1.82, 2.24) is 15.5 Å². The van der Waals surface area contributed by atoms with Crippen LogP contribution in [0.4, 0.5) is 0 Å². The predicted octanol–water partition coefficient (Wildman–Crippen LogP) is 4.84. The molecule has 9 nitrogen and oxygen atoms in total. The van der Waals surface area contributed by atoms with Crippen molar-refractivity contribution in [2.75, 3.05) is 53.8 Å². The van der Waals surface area contributed by atoms with Crippen molar-refractivity contribution < 1.29 is 28.6 Å². The topological polar surface area (TPSA) is 106 Å². The Morgan fingerprint density at radius 1 is 1.09 bits per heavy atom. The Bertz CT molecular complexity index is 1220. The lowest BCUT2D eigenvalue weighted by Crippen LogP contribution is -2.62. The molecule has 0 aliphatic carbocycles. The third-order valence-electron chi connectivity index (χ3n) is 7.52. The minimum absolute atomic E-state index is 0.171. The van der Waals surface area contributed by atoms with Crippen molar-refractivity contribution in [1.29, 1.82) is 0 Å². The van der Waals surface area contributed by atoms with Gasteiger partial charge in [0.15, 0.2) is 0 Å². The van der Waals surface area contributed by atoms with E-state index in [1.165, 1.54) is 4.90 Å². The molecule has 10 heteroatoms. The van der Waals surface area contributed by atoms with Crippen LogP contribution in [-0.2, 0) is 29.3 Å². The van der Waals surface area contributed by atoms with Gasteiger partial charge in [-0.15, -0.1) is 11.8 Å². The summed E-state index contributed by atoms with van der Waals surface area (Å²) < 4.78 is 14.8. The van der Waals surface area contributed by atoms with Crippen molar-refractivity contribution in [3.63, 3.8) is 0 Å². The molecule has 1 aromatic carbocycles. The fourth-order valence-corrected chi connectivity index (χ4v) is 5.69. The molecule has 2 atom stereocenters. The Morgan fingerprint density at radius 2 is 1.73 bits per heavy atom. The van der Waals surface area contributed by atoms with Gasteiger partial charge in [0.25, 0.3) is 0 Å². The molecule has 0 aliphatic heterocycles. The standard InChI is InChI=1S/C35H53N3O6S/c1-12-15-26(16-14-23-42-10)24-45-35(6,7)30(32(40)38(9)22-21-25(3)33(41)44-13-2)37-31(39)29(36-8)34(4,5)27-17-19-28(43-11)20-18-27/h12,14-21,29-30,36H,1,13,22-24H2,2-11H3,(H,37,39)/b16-14-,25-21+,26-15+. The number of allylic oxidation sites excluding steroid dienone is 3. The summed E-state index contributed by atoms with van der Waals surface area (Å²) in [6.45, 7) is 16.0. The number of carbonyl (C=O) groups excluding carboxylic acids is 3. The number of benzene rings is 1. The molecule has 2 amide bonds. The number of likely N-dealkylation sites (N-methyl/N-ethyl adjacent to an activating group) is 2. The van der Waals surface area contributed by atoms with Gasteiger partial charge in [-0.05, 0) is 58.0 Å². The Morgan fingerprint density at radius 3 is 2.27 bits per heavy atom. The van der Waals surface area contributed by atoms with Crippen LogP contribution >= 0.6 is 11.8 Å². The second-order valence-corrected chi connectivity index (χ2v) is 13.3. The SMILES string of the molecule is C=C/C=C(\C=C/COC)CSC(C)(C)C(NC(=O)C(NC)C(C)(C)c1ccc(OC)cc1)C(=O)N(C)C/C=C(\C)C(=O)OCC. The van der Waals surface area contributed by atoms with Gasteiger partial charge in [-0.3, -0.25) is 9.59 Å². The molecule has 250 valence electrons. The van der Waals surface area contributed by atoms with Gasteiger partial charge >= 0.3 is 5.97 Å². The summed E-state index contributed by atoms with van der Waals surface area (Å²) in [5, 5.41) is 6.28. The van der Waals surface area contributed by atoms with E-state index in [0.29, 0.717) is 17.9 Å². The fraction of sp³-hybridized carbons (Fsp3) is 0.514. The van der Waals surface area contributed by atoms with Gasteiger partial charge in [-0.1, -0.05) is 62.9 Å². The Hall–Kier alpha value is -3.34. The van der Waals surface area contributed by atoms with Crippen LogP contribution in [-0.4, -0.2) is 93.3 Å². The summed E-state index contributed by atoms with van der Waals surface area (Å²) in [5.74, 6) is 0.271. The third kappa shape index (κ3) is 12.2. The molecule has 1 aromatic rings. The van der Waals surface area contributed by atoms with Crippen LogP contribution in [0.5, 0.6) is 5.75 Å². The molecule has 45 heavy (non-hydrogen) atoms. The number of nitrogens with zero attached hydrogens (tertiary/aromatic N) is 1. The third-order valence-corrected chi connectivity index (χ3v) is 8.98. The number of hydrogen-bond donors (Lipinski definition) is 2. The molecular weight excluding hydrogens is 590 g/mol. The predicted molar refractivity (Wildman–Crippen MR) is 185 cm³/mol. The number of rotatable bonds is 19. The van der Waals surface area contributed by atoms with Crippen LogP contribution in [0.15, 0.2) is 72.4 Å². The first kappa shape index (κ1) is 39.7. The number of nitrogens with one attached hydrogen (secondary N) is 2. The number of esters is 1. The van der Waals surface area contributed by atoms with E-state index in [1.807, 2.05) is 70.2 Å². The molecule has 0 saturated heterocycles. The Labute approximate surface area is 274 Å². The molecule has 0 saturated carbocycles. The zero-order valence-corrected chi connectivity index (χ0v) is 29.5. The van der Waals surface area contributed by atoms with E-state index in [4.69, 9.17) is 14.2 Å². The Kier molecular flexibility index (Phi) is 17.0. The van der Waals surface area contributed by atoms with E-state index in [1.54, 1.807) is 66.1 Å². The molecule has 2 N–H and O–H groups in total. The van der Waals surface area contributed by atoms with Gasteiger partial charge in [-0.2, -0.15) is 0 Å². The van der Waals surface area contributed by atoms with Gasteiger partial charge in [-0.25, -0.2) is 4.79 Å². The molecular formula is C35H53N3O6S. The lowest BCUT2D eigenvalue weighted by atomic mass is 9.77. The largest absolute Gasteiger partial charge is 0.497 e. The highest BCUT2D eigenvalue weighted by molar-refractivity contribution is 8.00. The normalized spacial score (nSPS) is 14.1. The van der Waals surface area contributed by atoms with Crippen LogP contribution < -0.4 is 15.4 Å². The number of amides is 2. The summed E-state index contributed by atoms with van der Waals surface area (Å²) in [6, 6.07) is 6.05. The lowest BCUT2D eigenvalue weighted by Gasteiger charge is -2.39. The van der Waals surface area contributed by atoms with Crippen LogP contribution in [0.2, 0.25) is 0 Å². The monoisotopic (exact) mass is 643 g/mol. The lowest BCUT2D eigenvalue weighted by molar-refractivity contribution is -0.138. The summed E-state index contributed by atoms with van der Waals surface area (Å²) in [6.07, 6.45) is 9.16. The molecule has 1 rings (SSSR count). The van der Waals surface area contributed by atoms with Crippen molar-refractivity contribution >= 4 is 29.5 Å². The second kappa shape index (κ2) is 19.2. The van der Waals surface area contributed by atoms with Crippen molar-refractivity contribution in [2.24, 2.45) is 0 Å². The zero-order valence-electron chi connectivity index (χ0n) is 28.7. The number of methoxy groups -OCH3 is 2. The average Bonchev–Trinajstić information content (AvgIpc) is 3.01. The van der Waals surface area contributed by atoms with E-state index < -0.39 is 28.2 Å². The van der Waals surface area contributed by atoms with E-state index in [9.17, 15) is 14.4 Å². The maximum atomic E-state index is 14.1. The van der Waals surface area contributed by atoms with E-state index in [-0.39, 0.29) is 25.0 Å². The second-order valence-electron chi connectivity index (χ2n) is 11.7. The first-order chi connectivity index (χ1) is 21.2. The highest BCUT2D eigenvalue weighted by Gasteiger charge is 2.42. The van der Waals surface area contributed by atoms with Crippen molar-refractivity contribution in [2.45, 2.75) is 63.8 Å². The van der Waals surface area contributed by atoms with Gasteiger partial charge in [0.05, 0.1) is 26.4 Å². The molecule has 0 spiro atoms. The number of thioether (sulfide) groups is 1. The van der Waals surface area contributed by atoms with Crippen molar-refractivity contribution in [3.05, 3.63) is 77.9 Å². The summed E-state index contributed by atoms with van der Waals surface area (Å²) in [4.78, 5) is 41.7. The smallest absolute Gasteiger partial charge is 0.333 e. The van der Waals surface area contributed by atoms with Crippen LogP contribution in [0.3, 0.4) is 0 Å². The first-order valence-electron chi connectivity index (χ1n) is 15.0. The summed E-state index contributed by atoms with van der Waals surface area (Å²) in [7, 11) is 6.63. The highest BCUT2D eigenvalue weighted by atomic mass is 32.2. The van der Waals surface area contributed by atoms with Crippen LogP contribution in [0, 0.1) is 0 Å². The average molecular weight is 644 g/mol. The van der Waals surface area contributed by atoms with E-state index >= 15 is 0 Å². The molecule has 0 aliphatic rings. The van der Waals surface area contributed by atoms with Crippen LogP contribution in [0.25, 0.3) is 0 Å². The maximum absolute atomic E-state index is 14.1. The molecule has 0 aromatic heterocycles. The maximum Gasteiger partial charge on any atom is 0.333 e. The molecule has 0 bridgehead atoms. The minimum atomic E-state index is -0.897. The van der Waals surface area contributed by atoms with Crippen molar-refractivity contribution in [3.8, 4) is 5.75 Å². The number of ether oxygens (including phenoxy) is 3. The van der Waals surface area contributed by atoms with Gasteiger partial charge in [0, 0.05) is 42.2 Å². The first-order valence-corrected chi connectivity index (χ1v) is 16.0. The fourth-order valence-electron chi connectivity index (χ4n) is 4.63. The van der Waals surface area contributed by atoms with Gasteiger partial charge in [0.1, 0.15) is 11.8 Å². The van der Waals surface area contributed by atoms with E-state index in [2.05, 4.69) is 17.2 Å². The highest BCUT2D eigenvalue weighted by Crippen LogP contribution is 2.33. The summed E-state index contributed by atoms with van der Waals surface area (Å²) in [5.41, 5.74) is 1.71. The van der Waals surface area contributed by atoms with Crippen LogP contribution in [0.1, 0.15) is 47.1 Å². The summed E-state index contributed by atoms with van der Waals surface area (Å²) >= 11 is 1.55. The number of carbonyl (C=O) groups is 3. The van der Waals surface area contributed by atoms with Gasteiger partial charge in [0.2, 0.25) is 11.8 Å². The molecule has 0 heterocycles. The van der Waals surface area contributed by atoms with Gasteiger partial charge < -0.3 is 29.7 Å². The molecule has 0 radical (unpaired) electrons.